The first-order valence-electron chi connectivity index (χ1n) is 9.76. The Morgan fingerprint density at radius 3 is 2.53 bits per heavy atom. The summed E-state index contributed by atoms with van der Waals surface area (Å²) in [5.74, 6) is -2.56. The second kappa shape index (κ2) is 13.3. The Hall–Kier alpha value is -3.14. The van der Waals surface area contributed by atoms with Gasteiger partial charge in [-0.25, -0.2) is 8.78 Å². The molecule has 0 unspecified atom stereocenters. The lowest BCUT2D eigenvalue weighted by atomic mass is 10.2. The minimum atomic E-state index is -0.789. The van der Waals surface area contributed by atoms with E-state index in [0.29, 0.717) is 0 Å². The number of aliphatic hydroxyl groups excluding tert-OH is 1. The molecule has 0 saturated carbocycles. The number of amides is 1. The molecule has 9 heteroatoms. The van der Waals surface area contributed by atoms with Gasteiger partial charge in [0.05, 0.1) is 18.7 Å². The van der Waals surface area contributed by atoms with Gasteiger partial charge >= 0.3 is 0 Å². The molecule has 2 aromatic rings. The highest BCUT2D eigenvalue weighted by molar-refractivity contribution is 6.12. The van der Waals surface area contributed by atoms with Crippen LogP contribution in [0.15, 0.2) is 64.9 Å². The van der Waals surface area contributed by atoms with Gasteiger partial charge in [0.15, 0.2) is 6.29 Å². The molecule has 2 aromatic carbocycles. The Balaban J connectivity index is 2.09. The number of hydrogen-bond donors (Lipinski definition) is 2. The lowest BCUT2D eigenvalue weighted by Crippen LogP contribution is -2.27. The highest BCUT2D eigenvalue weighted by atomic mass is 19.1. The Morgan fingerprint density at radius 1 is 1.16 bits per heavy atom. The maximum absolute atomic E-state index is 13.8. The van der Waals surface area contributed by atoms with Gasteiger partial charge in [-0.3, -0.25) is 9.79 Å². The van der Waals surface area contributed by atoms with E-state index in [1.54, 1.807) is 0 Å². The van der Waals surface area contributed by atoms with E-state index >= 15 is 0 Å². The molecule has 0 aliphatic carbocycles. The van der Waals surface area contributed by atoms with E-state index in [4.69, 9.17) is 14.2 Å². The SMILES string of the molecule is COC(CN=CC(C(=O)NCc1ccc(F)cc1F)=C(O)COCc1ccccc1)OC. The molecule has 32 heavy (non-hydrogen) atoms. The highest BCUT2D eigenvalue weighted by Crippen LogP contribution is 2.10. The summed E-state index contributed by atoms with van der Waals surface area (Å²) in [5.41, 5.74) is 0.830. The van der Waals surface area contributed by atoms with Gasteiger partial charge in [0.2, 0.25) is 0 Å². The van der Waals surface area contributed by atoms with Crippen LogP contribution in [0.4, 0.5) is 8.78 Å². The van der Waals surface area contributed by atoms with Crippen molar-refractivity contribution in [1.29, 1.82) is 0 Å². The van der Waals surface area contributed by atoms with Crippen molar-refractivity contribution in [1.82, 2.24) is 5.32 Å². The first-order valence-corrected chi connectivity index (χ1v) is 9.76. The van der Waals surface area contributed by atoms with Crippen LogP contribution in [0, 0.1) is 11.6 Å². The Labute approximate surface area is 185 Å². The number of benzene rings is 2. The summed E-state index contributed by atoms with van der Waals surface area (Å²) in [5, 5.41) is 12.9. The van der Waals surface area contributed by atoms with E-state index in [2.05, 4.69) is 10.3 Å². The highest BCUT2D eigenvalue weighted by Gasteiger charge is 2.15. The van der Waals surface area contributed by atoms with E-state index in [1.807, 2.05) is 30.3 Å². The Morgan fingerprint density at radius 2 is 1.88 bits per heavy atom. The fourth-order valence-corrected chi connectivity index (χ4v) is 2.59. The fourth-order valence-electron chi connectivity index (χ4n) is 2.59. The second-order valence-corrected chi connectivity index (χ2v) is 6.65. The fraction of sp³-hybridized carbons (Fsp3) is 0.304. The molecule has 0 spiro atoms. The van der Waals surface area contributed by atoms with Crippen molar-refractivity contribution in [3.8, 4) is 0 Å². The van der Waals surface area contributed by atoms with Crippen LogP contribution >= 0.6 is 0 Å². The van der Waals surface area contributed by atoms with Crippen molar-refractivity contribution < 1.29 is 32.9 Å². The lowest BCUT2D eigenvalue weighted by Gasteiger charge is -2.12. The van der Waals surface area contributed by atoms with Gasteiger partial charge in [-0.1, -0.05) is 36.4 Å². The molecule has 1 amide bonds. The van der Waals surface area contributed by atoms with Gasteiger partial charge in [0.25, 0.3) is 5.91 Å². The summed E-state index contributed by atoms with van der Waals surface area (Å²) in [6.45, 7) is -0.145. The van der Waals surface area contributed by atoms with Crippen molar-refractivity contribution >= 4 is 12.1 Å². The number of carbonyl (C=O) groups is 1. The van der Waals surface area contributed by atoms with Crippen LogP contribution in [0.2, 0.25) is 0 Å². The first kappa shape index (κ1) is 25.1. The Bertz CT molecular complexity index is 931. The Kier molecular flexibility index (Phi) is 10.5. The van der Waals surface area contributed by atoms with Gasteiger partial charge in [-0.05, 0) is 11.6 Å². The molecule has 0 fully saturated rings. The molecule has 0 heterocycles. The van der Waals surface area contributed by atoms with Crippen LogP contribution in [-0.2, 0) is 32.2 Å². The maximum Gasteiger partial charge on any atom is 0.256 e. The molecule has 0 bridgehead atoms. The third-order valence-electron chi connectivity index (χ3n) is 4.36. The summed E-state index contributed by atoms with van der Waals surface area (Å²) < 4.78 is 42.4. The van der Waals surface area contributed by atoms with Crippen molar-refractivity contribution in [3.63, 3.8) is 0 Å². The van der Waals surface area contributed by atoms with E-state index in [-0.39, 0.29) is 43.2 Å². The van der Waals surface area contributed by atoms with E-state index in [1.165, 1.54) is 26.5 Å². The first-order chi connectivity index (χ1) is 15.4. The number of nitrogens with zero attached hydrogens (tertiary/aromatic N) is 1. The number of rotatable bonds is 12. The average Bonchev–Trinajstić information content (AvgIpc) is 2.79. The van der Waals surface area contributed by atoms with Gasteiger partial charge in [-0.15, -0.1) is 0 Å². The normalized spacial score (nSPS) is 12.3. The number of nitrogens with one attached hydrogen (secondary N) is 1. The third-order valence-corrected chi connectivity index (χ3v) is 4.36. The van der Waals surface area contributed by atoms with Gasteiger partial charge < -0.3 is 24.6 Å². The van der Waals surface area contributed by atoms with E-state index in [9.17, 15) is 18.7 Å². The topological polar surface area (TPSA) is 89.4 Å². The van der Waals surface area contributed by atoms with Crippen LogP contribution in [0.3, 0.4) is 0 Å². The molecule has 7 nitrogen and oxygen atoms in total. The molecule has 172 valence electrons. The van der Waals surface area contributed by atoms with Crippen LogP contribution in [0.5, 0.6) is 0 Å². The van der Waals surface area contributed by atoms with Gasteiger partial charge in [-0.2, -0.15) is 0 Å². The molecule has 0 saturated heterocycles. The van der Waals surface area contributed by atoms with E-state index < -0.39 is 23.8 Å². The third kappa shape index (κ3) is 8.18. The standard InChI is InChI=1S/C23H26F2N2O5/c1-30-22(31-2)13-26-12-19(21(28)15-32-14-16-6-4-3-5-7-16)23(29)27-11-17-8-9-18(24)10-20(17)25/h3-10,12,22,28H,11,13-15H2,1-2H3,(H,27,29). The van der Waals surface area contributed by atoms with E-state index in [0.717, 1.165) is 17.7 Å². The van der Waals surface area contributed by atoms with Crippen LogP contribution < -0.4 is 5.32 Å². The number of aliphatic hydroxyl groups is 1. The predicted octanol–water partition coefficient (Wildman–Crippen LogP) is 3.30. The van der Waals surface area contributed by atoms with Crippen molar-refractivity contribution in [2.24, 2.45) is 4.99 Å². The summed E-state index contributed by atoms with van der Waals surface area (Å²) in [7, 11) is 2.89. The zero-order valence-electron chi connectivity index (χ0n) is 17.9. The van der Waals surface area contributed by atoms with Crippen molar-refractivity contribution in [3.05, 3.63) is 82.6 Å². The number of ether oxygens (including phenoxy) is 3. The number of halogens is 2. The number of methoxy groups -OCH3 is 2. The molecule has 2 N–H and O–H groups in total. The number of carbonyl (C=O) groups excluding carboxylic acids is 1. The van der Waals surface area contributed by atoms with Crippen molar-refractivity contribution in [2.75, 3.05) is 27.4 Å². The molecular formula is C23H26F2N2O5. The molecule has 0 aromatic heterocycles. The summed E-state index contributed by atoms with van der Waals surface area (Å²) in [4.78, 5) is 16.7. The molecule has 0 aliphatic rings. The second-order valence-electron chi connectivity index (χ2n) is 6.65. The monoisotopic (exact) mass is 448 g/mol. The number of hydrogen-bond acceptors (Lipinski definition) is 6. The molecule has 2 rings (SSSR count). The molecule has 0 atom stereocenters. The average molecular weight is 448 g/mol. The van der Waals surface area contributed by atoms with Gasteiger partial charge in [0.1, 0.15) is 24.0 Å². The minimum Gasteiger partial charge on any atom is -0.509 e. The van der Waals surface area contributed by atoms with Crippen LogP contribution in [0.1, 0.15) is 11.1 Å². The van der Waals surface area contributed by atoms with Gasteiger partial charge in [0, 0.05) is 38.6 Å². The molecular weight excluding hydrogens is 422 g/mol. The van der Waals surface area contributed by atoms with Crippen molar-refractivity contribution in [2.45, 2.75) is 19.4 Å². The maximum atomic E-state index is 13.8. The van der Waals surface area contributed by atoms with Crippen LogP contribution in [0.25, 0.3) is 0 Å². The predicted molar refractivity (Wildman–Crippen MR) is 115 cm³/mol. The summed E-state index contributed by atoms with van der Waals surface area (Å²) in [6, 6.07) is 12.4. The zero-order valence-corrected chi connectivity index (χ0v) is 17.9. The summed E-state index contributed by atoms with van der Waals surface area (Å²) in [6.07, 6.45) is 0.545. The molecule has 0 aliphatic heterocycles. The quantitative estimate of drug-likeness (QED) is 0.225. The molecule has 0 radical (unpaired) electrons. The zero-order chi connectivity index (χ0) is 23.3. The smallest absolute Gasteiger partial charge is 0.256 e. The summed E-state index contributed by atoms with van der Waals surface area (Å²) >= 11 is 0. The van der Waals surface area contributed by atoms with Crippen LogP contribution in [-0.4, -0.2) is 50.9 Å². The largest absolute Gasteiger partial charge is 0.509 e. The minimum absolute atomic E-state index is 0.0779. The lowest BCUT2D eigenvalue weighted by molar-refractivity contribution is -0.117. The number of aliphatic imine (C=N–C) groups is 1.